The highest BCUT2D eigenvalue weighted by molar-refractivity contribution is 5.98. The number of hydrogen-bond acceptors (Lipinski definition) is 5. The number of carboxylic acid groups (broad SMARTS) is 1. The molecule has 1 aromatic rings. The molecular formula is C13H16N2O5. The van der Waals surface area contributed by atoms with Crippen LogP contribution in [0.1, 0.15) is 16.8 Å². The molecule has 7 nitrogen and oxygen atoms in total. The third kappa shape index (κ3) is 3.06. The van der Waals surface area contributed by atoms with Crippen LogP contribution in [-0.4, -0.2) is 47.9 Å². The number of anilines is 1. The number of carbonyl (C=O) groups is 2. The van der Waals surface area contributed by atoms with Crippen LogP contribution < -0.4 is 15.4 Å². The van der Waals surface area contributed by atoms with Crippen molar-refractivity contribution in [2.75, 3.05) is 19.0 Å². The molecule has 2 atom stereocenters. The van der Waals surface area contributed by atoms with Crippen LogP contribution in [0.4, 0.5) is 5.69 Å². The lowest BCUT2D eigenvalue weighted by Gasteiger charge is -2.14. The molecule has 1 saturated heterocycles. The molecule has 1 aliphatic rings. The molecule has 108 valence electrons. The number of hydrogen-bond donors (Lipinski definition) is 4. The first kappa shape index (κ1) is 14.3. The minimum absolute atomic E-state index is 0.0560. The summed E-state index contributed by atoms with van der Waals surface area (Å²) in [5, 5.41) is 23.8. The fraction of sp³-hybridized carbons (Fsp3) is 0.385. The average Bonchev–Trinajstić information content (AvgIpc) is 2.85. The summed E-state index contributed by atoms with van der Waals surface area (Å²) in [7, 11) is 1.43. The van der Waals surface area contributed by atoms with Crippen LogP contribution in [0.5, 0.6) is 5.75 Å². The van der Waals surface area contributed by atoms with Gasteiger partial charge in [0, 0.05) is 6.54 Å². The van der Waals surface area contributed by atoms with Gasteiger partial charge in [0.05, 0.1) is 30.5 Å². The highest BCUT2D eigenvalue weighted by Crippen LogP contribution is 2.26. The number of aliphatic hydroxyl groups is 1. The number of aliphatic hydroxyl groups excluding tert-OH is 1. The zero-order chi connectivity index (χ0) is 14.7. The lowest BCUT2D eigenvalue weighted by atomic mass is 10.1. The molecule has 1 amide bonds. The molecule has 7 heteroatoms. The van der Waals surface area contributed by atoms with E-state index in [0.717, 1.165) is 0 Å². The molecule has 0 aliphatic carbocycles. The van der Waals surface area contributed by atoms with E-state index in [4.69, 9.17) is 9.84 Å². The summed E-state index contributed by atoms with van der Waals surface area (Å²) in [5.41, 5.74) is 0.348. The number of carbonyl (C=O) groups excluding carboxylic acids is 1. The van der Waals surface area contributed by atoms with Gasteiger partial charge in [0.2, 0.25) is 5.91 Å². The Kier molecular flexibility index (Phi) is 4.21. The van der Waals surface area contributed by atoms with E-state index in [1.807, 2.05) is 0 Å². The second-order valence-corrected chi connectivity index (χ2v) is 4.56. The standard InChI is InChI=1S/C13H16N2O5/c1-20-11-3-2-7(13(18)19)4-9(11)15-12(17)10-5-8(16)6-14-10/h2-4,8,10,14,16H,5-6H2,1H3,(H,15,17)(H,18,19). The third-order valence-electron chi connectivity index (χ3n) is 3.13. The van der Waals surface area contributed by atoms with Gasteiger partial charge in [-0.3, -0.25) is 4.79 Å². The van der Waals surface area contributed by atoms with Crippen LogP contribution in [0.15, 0.2) is 18.2 Å². The first-order valence-electron chi connectivity index (χ1n) is 6.15. The van der Waals surface area contributed by atoms with E-state index in [0.29, 0.717) is 24.4 Å². The van der Waals surface area contributed by atoms with Crippen LogP contribution in [-0.2, 0) is 4.79 Å². The molecule has 1 fully saturated rings. The first-order valence-corrected chi connectivity index (χ1v) is 6.15. The smallest absolute Gasteiger partial charge is 0.335 e. The van der Waals surface area contributed by atoms with Gasteiger partial charge in [0.1, 0.15) is 5.75 Å². The number of aromatic carboxylic acids is 1. The summed E-state index contributed by atoms with van der Waals surface area (Å²) >= 11 is 0. The summed E-state index contributed by atoms with van der Waals surface area (Å²) < 4.78 is 5.09. The molecule has 0 spiro atoms. The summed E-state index contributed by atoms with van der Waals surface area (Å²) in [4.78, 5) is 23.0. The lowest BCUT2D eigenvalue weighted by molar-refractivity contribution is -0.117. The number of amides is 1. The molecule has 2 unspecified atom stereocenters. The first-order chi connectivity index (χ1) is 9.51. The lowest BCUT2D eigenvalue weighted by Crippen LogP contribution is -2.35. The van der Waals surface area contributed by atoms with Crippen LogP contribution in [0.2, 0.25) is 0 Å². The Labute approximate surface area is 115 Å². The van der Waals surface area contributed by atoms with Gasteiger partial charge in [-0.15, -0.1) is 0 Å². The number of ether oxygens (including phenoxy) is 1. The highest BCUT2D eigenvalue weighted by atomic mass is 16.5. The van der Waals surface area contributed by atoms with Gasteiger partial charge >= 0.3 is 5.97 Å². The summed E-state index contributed by atoms with van der Waals surface area (Å²) in [6.07, 6.45) is -0.217. The molecule has 0 saturated carbocycles. The monoisotopic (exact) mass is 280 g/mol. The second kappa shape index (κ2) is 5.89. The average molecular weight is 280 g/mol. The number of benzene rings is 1. The van der Waals surface area contributed by atoms with Gasteiger partial charge in [-0.2, -0.15) is 0 Å². The molecule has 0 aromatic heterocycles. The number of methoxy groups -OCH3 is 1. The molecular weight excluding hydrogens is 264 g/mol. The summed E-state index contributed by atoms with van der Waals surface area (Å²) in [6.45, 7) is 0.365. The van der Waals surface area contributed by atoms with Crippen molar-refractivity contribution in [3.63, 3.8) is 0 Å². The molecule has 1 aromatic carbocycles. The minimum Gasteiger partial charge on any atom is -0.495 e. The SMILES string of the molecule is COc1ccc(C(=O)O)cc1NC(=O)C1CC(O)CN1. The predicted molar refractivity (Wildman–Crippen MR) is 71.0 cm³/mol. The van der Waals surface area contributed by atoms with Crippen LogP contribution in [0.3, 0.4) is 0 Å². The van der Waals surface area contributed by atoms with Gasteiger partial charge in [0.15, 0.2) is 0 Å². The molecule has 1 heterocycles. The maximum Gasteiger partial charge on any atom is 0.335 e. The van der Waals surface area contributed by atoms with Crippen LogP contribution >= 0.6 is 0 Å². The molecule has 1 aliphatic heterocycles. The summed E-state index contributed by atoms with van der Waals surface area (Å²) in [5.74, 6) is -1.04. The second-order valence-electron chi connectivity index (χ2n) is 4.56. The van der Waals surface area contributed by atoms with E-state index in [1.165, 1.54) is 25.3 Å². The number of nitrogens with one attached hydrogen (secondary N) is 2. The van der Waals surface area contributed by atoms with Gasteiger partial charge in [0.25, 0.3) is 0 Å². The Balaban J connectivity index is 2.16. The molecule has 0 bridgehead atoms. The quantitative estimate of drug-likeness (QED) is 0.621. The zero-order valence-corrected chi connectivity index (χ0v) is 10.9. The van der Waals surface area contributed by atoms with E-state index in [1.54, 1.807) is 0 Å². The van der Waals surface area contributed by atoms with Crippen molar-refractivity contribution >= 4 is 17.6 Å². The number of β-amino-alcohol motifs (C(OH)–C–C–N with tert-alkyl or cyclic N) is 1. The molecule has 4 N–H and O–H groups in total. The van der Waals surface area contributed by atoms with E-state index >= 15 is 0 Å². The van der Waals surface area contributed by atoms with Crippen molar-refractivity contribution in [2.24, 2.45) is 0 Å². The Hall–Kier alpha value is -2.12. The van der Waals surface area contributed by atoms with Crippen molar-refractivity contribution in [2.45, 2.75) is 18.6 Å². The molecule has 20 heavy (non-hydrogen) atoms. The normalized spacial score (nSPS) is 21.5. The third-order valence-corrected chi connectivity index (χ3v) is 3.13. The molecule has 2 rings (SSSR count). The van der Waals surface area contributed by atoms with Crippen molar-refractivity contribution in [3.8, 4) is 5.75 Å². The van der Waals surface area contributed by atoms with Crippen LogP contribution in [0, 0.1) is 0 Å². The Bertz CT molecular complexity index is 531. The number of rotatable bonds is 4. The maximum absolute atomic E-state index is 12.0. The maximum atomic E-state index is 12.0. The van der Waals surface area contributed by atoms with Gasteiger partial charge in [-0.25, -0.2) is 4.79 Å². The Morgan fingerprint density at radius 1 is 1.45 bits per heavy atom. The predicted octanol–water partition coefficient (Wildman–Crippen LogP) is 0.0547. The van der Waals surface area contributed by atoms with Crippen LogP contribution in [0.25, 0.3) is 0 Å². The minimum atomic E-state index is -1.09. The highest BCUT2D eigenvalue weighted by Gasteiger charge is 2.28. The van der Waals surface area contributed by atoms with E-state index in [9.17, 15) is 14.7 Å². The zero-order valence-electron chi connectivity index (χ0n) is 10.9. The molecule has 0 radical (unpaired) electrons. The van der Waals surface area contributed by atoms with Crippen molar-refractivity contribution in [1.29, 1.82) is 0 Å². The van der Waals surface area contributed by atoms with Crippen molar-refractivity contribution < 1.29 is 24.5 Å². The van der Waals surface area contributed by atoms with Gasteiger partial charge in [-0.05, 0) is 24.6 Å². The number of carboxylic acids is 1. The van der Waals surface area contributed by atoms with E-state index < -0.39 is 18.1 Å². The fourth-order valence-corrected chi connectivity index (χ4v) is 2.08. The van der Waals surface area contributed by atoms with Crippen molar-refractivity contribution in [1.82, 2.24) is 5.32 Å². The fourth-order valence-electron chi connectivity index (χ4n) is 2.08. The van der Waals surface area contributed by atoms with E-state index in [2.05, 4.69) is 10.6 Å². The largest absolute Gasteiger partial charge is 0.495 e. The Morgan fingerprint density at radius 3 is 2.75 bits per heavy atom. The van der Waals surface area contributed by atoms with Crippen molar-refractivity contribution in [3.05, 3.63) is 23.8 Å². The van der Waals surface area contributed by atoms with Gasteiger partial charge in [-0.1, -0.05) is 0 Å². The Morgan fingerprint density at radius 2 is 2.20 bits per heavy atom. The van der Waals surface area contributed by atoms with E-state index in [-0.39, 0.29) is 11.5 Å². The van der Waals surface area contributed by atoms with Gasteiger partial charge < -0.3 is 25.6 Å². The topological polar surface area (TPSA) is 108 Å². The summed E-state index contributed by atoms with van der Waals surface area (Å²) in [6, 6.07) is 3.72.